The monoisotopic (exact) mass is 371 g/mol. The summed E-state index contributed by atoms with van der Waals surface area (Å²) in [6.07, 6.45) is 5.18. The topological polar surface area (TPSA) is 49.6 Å². The van der Waals surface area contributed by atoms with Crippen LogP contribution in [0.1, 0.15) is 0 Å². The first-order valence-electron chi connectivity index (χ1n) is 7.98. The molecular weight excluding hydrogens is 358 g/mol. The van der Waals surface area contributed by atoms with Gasteiger partial charge < -0.3 is 0 Å². The average molecular weight is 371 g/mol. The molecule has 26 heavy (non-hydrogen) atoms. The maximum Gasteiger partial charge on any atom is 0.0929 e. The summed E-state index contributed by atoms with van der Waals surface area (Å²) in [7, 11) is 0. The molecule has 2 aromatic heterocycles. The number of hydrogen-bond acceptors (Lipinski definition) is 5. The fraction of sp³-hybridized carbons (Fsp3) is 0. The number of nitriles is 1. The van der Waals surface area contributed by atoms with Crippen molar-refractivity contribution >= 4 is 45.3 Å². The van der Waals surface area contributed by atoms with E-state index < -0.39 is 0 Å². The Morgan fingerprint density at radius 1 is 0.769 bits per heavy atom. The summed E-state index contributed by atoms with van der Waals surface area (Å²) < 4.78 is 0.917. The Balaban J connectivity index is 1.71. The number of allylic oxidation sites excluding steroid dienone is 1. The molecule has 0 aliphatic heterocycles. The van der Waals surface area contributed by atoms with Gasteiger partial charge in [-0.2, -0.15) is 5.26 Å². The van der Waals surface area contributed by atoms with Crippen LogP contribution in [0, 0.1) is 11.3 Å². The van der Waals surface area contributed by atoms with Crippen LogP contribution in [0.25, 0.3) is 21.8 Å². The van der Waals surface area contributed by atoms with Gasteiger partial charge in [-0.3, -0.25) is 9.97 Å². The van der Waals surface area contributed by atoms with Gasteiger partial charge in [0.05, 0.1) is 21.3 Å². The molecule has 0 N–H and O–H groups in total. The third-order valence-corrected chi connectivity index (χ3v) is 6.10. The first kappa shape index (κ1) is 16.6. The van der Waals surface area contributed by atoms with E-state index in [1.807, 2.05) is 36.4 Å². The van der Waals surface area contributed by atoms with Crippen LogP contribution in [0.5, 0.6) is 0 Å². The first-order valence-corrected chi connectivity index (χ1v) is 9.61. The molecule has 0 aliphatic rings. The Morgan fingerprint density at radius 3 is 1.81 bits per heavy atom. The first-order chi connectivity index (χ1) is 12.8. The highest BCUT2D eigenvalue weighted by Crippen LogP contribution is 2.42. The molecule has 4 rings (SSSR count). The second-order valence-electron chi connectivity index (χ2n) is 5.45. The maximum atomic E-state index is 9.24. The van der Waals surface area contributed by atoms with E-state index in [9.17, 15) is 5.26 Å². The molecule has 5 heteroatoms. The van der Waals surface area contributed by atoms with Gasteiger partial charge in [0, 0.05) is 39.0 Å². The lowest BCUT2D eigenvalue weighted by Gasteiger charge is -2.10. The number of benzene rings is 2. The fourth-order valence-corrected chi connectivity index (χ4v) is 4.90. The molecule has 2 heterocycles. The second kappa shape index (κ2) is 7.61. The molecule has 0 amide bonds. The highest BCUT2D eigenvalue weighted by Gasteiger charge is 2.10. The average Bonchev–Trinajstić information content (AvgIpc) is 2.69. The van der Waals surface area contributed by atoms with E-state index in [4.69, 9.17) is 0 Å². The Morgan fingerprint density at radius 2 is 1.31 bits per heavy atom. The van der Waals surface area contributed by atoms with E-state index in [1.54, 1.807) is 42.0 Å². The van der Waals surface area contributed by atoms with E-state index in [0.29, 0.717) is 0 Å². The molecule has 0 aliphatic carbocycles. The van der Waals surface area contributed by atoms with Crippen molar-refractivity contribution in [3.8, 4) is 6.07 Å². The summed E-state index contributed by atoms with van der Waals surface area (Å²) in [5.41, 5.74) is 1.90. The van der Waals surface area contributed by atoms with Gasteiger partial charge in [0.25, 0.3) is 0 Å². The lowest BCUT2D eigenvalue weighted by molar-refractivity contribution is 1.38. The molecule has 0 unspecified atom stereocenters. The van der Waals surface area contributed by atoms with Gasteiger partial charge in [-0.1, -0.05) is 47.8 Å². The Labute approximate surface area is 159 Å². The summed E-state index contributed by atoms with van der Waals surface area (Å²) in [5, 5.41) is 11.4. The third kappa shape index (κ3) is 3.43. The molecule has 0 spiro atoms. The molecule has 0 fully saturated rings. The van der Waals surface area contributed by atoms with Gasteiger partial charge in [0.15, 0.2) is 0 Å². The third-order valence-electron chi connectivity index (χ3n) is 3.81. The van der Waals surface area contributed by atoms with Crippen molar-refractivity contribution in [2.75, 3.05) is 0 Å². The zero-order valence-electron chi connectivity index (χ0n) is 13.7. The predicted octanol–water partition coefficient (Wildman–Crippen LogP) is 6.03. The Hall–Kier alpha value is -2.81. The van der Waals surface area contributed by atoms with Crippen molar-refractivity contribution in [3.63, 3.8) is 0 Å². The van der Waals surface area contributed by atoms with Gasteiger partial charge in [-0.15, -0.1) is 0 Å². The minimum atomic E-state index is 0.917. The molecule has 0 atom stereocenters. The fourth-order valence-electron chi connectivity index (χ4n) is 2.68. The van der Waals surface area contributed by atoms with E-state index in [-0.39, 0.29) is 0 Å². The summed E-state index contributed by atoms with van der Waals surface area (Å²) in [6, 6.07) is 22.3. The molecule has 0 saturated carbocycles. The molecule has 4 aromatic rings. The minimum Gasteiger partial charge on any atom is -0.256 e. The van der Waals surface area contributed by atoms with Crippen LogP contribution in [-0.4, -0.2) is 9.97 Å². The van der Waals surface area contributed by atoms with Gasteiger partial charge in [-0.25, -0.2) is 0 Å². The highest BCUT2D eigenvalue weighted by atomic mass is 32.2. The van der Waals surface area contributed by atoms with Crippen molar-refractivity contribution in [2.45, 2.75) is 9.79 Å². The Kier molecular flexibility index (Phi) is 4.87. The molecule has 2 aromatic carbocycles. The standard InChI is InChI=1S/C21H13N3S2/c22-12-11-21(25-19-9-1-7-17-15(19)5-3-13-23-17)26-20-10-2-8-18-16(20)6-4-14-24-18/h1-11,13-14H. The second-order valence-corrected chi connectivity index (χ2v) is 7.88. The van der Waals surface area contributed by atoms with Gasteiger partial charge in [-0.05, 0) is 36.4 Å². The number of aromatic nitrogens is 2. The number of thioether (sulfide) groups is 2. The van der Waals surface area contributed by atoms with Crippen molar-refractivity contribution in [3.05, 3.63) is 83.4 Å². The lowest BCUT2D eigenvalue weighted by atomic mass is 10.2. The van der Waals surface area contributed by atoms with Crippen LogP contribution >= 0.6 is 23.5 Å². The van der Waals surface area contributed by atoms with Crippen molar-refractivity contribution in [1.82, 2.24) is 9.97 Å². The largest absolute Gasteiger partial charge is 0.256 e. The summed E-state index contributed by atoms with van der Waals surface area (Å²) in [5.74, 6) is 0. The van der Waals surface area contributed by atoms with Crippen LogP contribution < -0.4 is 0 Å². The summed E-state index contributed by atoms with van der Waals surface area (Å²) in [6.45, 7) is 0. The zero-order valence-corrected chi connectivity index (χ0v) is 15.3. The molecule has 0 radical (unpaired) electrons. The van der Waals surface area contributed by atoms with Crippen LogP contribution in [0.3, 0.4) is 0 Å². The van der Waals surface area contributed by atoms with E-state index in [2.05, 4.69) is 40.3 Å². The van der Waals surface area contributed by atoms with E-state index in [1.165, 1.54) is 0 Å². The minimum absolute atomic E-state index is 0.917. The van der Waals surface area contributed by atoms with Crippen molar-refractivity contribution < 1.29 is 0 Å². The quantitative estimate of drug-likeness (QED) is 0.324. The molecule has 3 nitrogen and oxygen atoms in total. The number of hydrogen-bond donors (Lipinski definition) is 0. The summed E-state index contributed by atoms with van der Waals surface area (Å²) in [4.78, 5) is 11.0. The van der Waals surface area contributed by atoms with Crippen molar-refractivity contribution in [1.29, 1.82) is 5.26 Å². The number of rotatable bonds is 4. The van der Waals surface area contributed by atoms with Crippen molar-refractivity contribution in [2.24, 2.45) is 0 Å². The summed E-state index contributed by atoms with van der Waals surface area (Å²) >= 11 is 3.17. The molecule has 124 valence electrons. The van der Waals surface area contributed by atoms with Gasteiger partial charge >= 0.3 is 0 Å². The van der Waals surface area contributed by atoms with Gasteiger partial charge in [0.1, 0.15) is 0 Å². The van der Waals surface area contributed by atoms with E-state index in [0.717, 1.165) is 35.8 Å². The normalized spacial score (nSPS) is 10.6. The number of pyridine rings is 2. The van der Waals surface area contributed by atoms with E-state index >= 15 is 0 Å². The maximum absolute atomic E-state index is 9.24. The zero-order chi connectivity index (χ0) is 17.8. The van der Waals surface area contributed by atoms with Gasteiger partial charge in [0.2, 0.25) is 0 Å². The number of fused-ring (bicyclic) bond motifs is 2. The lowest BCUT2D eigenvalue weighted by Crippen LogP contribution is -1.83. The van der Waals surface area contributed by atoms with Crippen LogP contribution in [-0.2, 0) is 0 Å². The van der Waals surface area contributed by atoms with Crippen LogP contribution in [0.4, 0.5) is 0 Å². The molecule has 0 saturated heterocycles. The number of nitrogens with zero attached hydrogens (tertiary/aromatic N) is 3. The highest BCUT2D eigenvalue weighted by molar-refractivity contribution is 8.22. The SMILES string of the molecule is N#CC=C(Sc1cccc2ncccc12)Sc1cccc2ncccc12. The Bertz CT molecular complexity index is 1070. The van der Waals surface area contributed by atoms with Crippen LogP contribution in [0.15, 0.2) is 93.2 Å². The molecule has 0 bridgehead atoms. The molecular formula is C21H13N3S2. The predicted molar refractivity (Wildman–Crippen MR) is 109 cm³/mol. The smallest absolute Gasteiger partial charge is 0.0929 e. The van der Waals surface area contributed by atoms with Crippen LogP contribution in [0.2, 0.25) is 0 Å².